The van der Waals surface area contributed by atoms with Gasteiger partial charge in [-0.2, -0.15) is 26.3 Å². The maximum absolute atomic E-state index is 13.9. The minimum Gasteiger partial charge on any atom is -0.354 e. The van der Waals surface area contributed by atoms with Crippen molar-refractivity contribution in [2.45, 2.75) is 31.6 Å². The second-order valence-electron chi connectivity index (χ2n) is 7.55. The van der Waals surface area contributed by atoms with Crippen LogP contribution in [0, 0.1) is 0 Å². The number of nitrogens with two attached hydrogens (primary N) is 1. The number of para-hydroxylation sites is 1. The number of aromatic amines is 1. The van der Waals surface area contributed by atoms with Crippen LogP contribution >= 0.6 is 0 Å². The zero-order valence-electron chi connectivity index (χ0n) is 16.7. The Kier molecular flexibility index (Phi) is 5.62. The highest BCUT2D eigenvalue weighted by Gasteiger charge is 2.39. The molecule has 4 aromatic rings. The van der Waals surface area contributed by atoms with Crippen LogP contribution in [0.1, 0.15) is 29.5 Å². The van der Waals surface area contributed by atoms with Gasteiger partial charge >= 0.3 is 12.4 Å². The number of hydrogen-bond acceptors (Lipinski definition) is 2. The van der Waals surface area contributed by atoms with E-state index in [1.165, 1.54) is 0 Å². The summed E-state index contributed by atoms with van der Waals surface area (Å²) in [6.07, 6.45) is -7.02. The highest BCUT2D eigenvalue weighted by Crippen LogP contribution is 2.44. The molecule has 0 unspecified atom stereocenters. The number of halogens is 6. The third-order valence-corrected chi connectivity index (χ3v) is 5.42. The standard InChI is InChI=1S/C23H19F6N3/c24-22(25,26)14-11-17(23(27,28)29)19-15(7-1-2-9-30)21(32-18(19)12-14)16-8-3-5-13-6-4-10-31-20(13)16/h3-6,8,10-12,32H,1-2,7,9,30H2. The van der Waals surface area contributed by atoms with Gasteiger partial charge in [-0.15, -0.1) is 0 Å². The molecule has 0 atom stereocenters. The Hall–Kier alpha value is -3.07. The molecule has 0 amide bonds. The van der Waals surface area contributed by atoms with E-state index < -0.39 is 23.5 Å². The Balaban J connectivity index is 2.07. The molecule has 2 heterocycles. The van der Waals surface area contributed by atoms with Gasteiger partial charge in [0, 0.05) is 28.0 Å². The Labute approximate surface area is 179 Å². The molecule has 2 aromatic carbocycles. The smallest absolute Gasteiger partial charge is 0.354 e. The van der Waals surface area contributed by atoms with Crippen LogP contribution in [0.25, 0.3) is 33.1 Å². The number of unbranched alkanes of at least 4 members (excludes halogenated alkanes) is 1. The number of fused-ring (bicyclic) bond motifs is 2. The quantitative estimate of drug-likeness (QED) is 0.262. The third-order valence-electron chi connectivity index (χ3n) is 5.42. The molecule has 0 aliphatic rings. The lowest BCUT2D eigenvalue weighted by Crippen LogP contribution is -2.11. The topological polar surface area (TPSA) is 54.7 Å². The molecule has 4 rings (SSSR count). The first kappa shape index (κ1) is 22.1. The van der Waals surface area contributed by atoms with Crippen molar-refractivity contribution < 1.29 is 26.3 Å². The lowest BCUT2D eigenvalue weighted by Gasteiger charge is -2.14. The Morgan fingerprint density at radius 2 is 1.66 bits per heavy atom. The number of rotatable bonds is 5. The number of H-pyrrole nitrogens is 1. The van der Waals surface area contributed by atoms with Crippen molar-refractivity contribution in [3.8, 4) is 11.3 Å². The predicted octanol–water partition coefficient (Wildman–Crippen LogP) is 6.70. The fourth-order valence-electron chi connectivity index (χ4n) is 4.02. The Morgan fingerprint density at radius 3 is 2.34 bits per heavy atom. The molecule has 0 spiro atoms. The Morgan fingerprint density at radius 1 is 0.906 bits per heavy atom. The molecule has 2 aromatic heterocycles. The van der Waals surface area contributed by atoms with Gasteiger partial charge in [0.25, 0.3) is 0 Å². The van der Waals surface area contributed by atoms with E-state index in [2.05, 4.69) is 9.97 Å². The van der Waals surface area contributed by atoms with Gasteiger partial charge in [0.2, 0.25) is 0 Å². The molecule has 3 N–H and O–H groups in total. The van der Waals surface area contributed by atoms with Crippen LogP contribution in [0.4, 0.5) is 26.3 Å². The molecule has 32 heavy (non-hydrogen) atoms. The van der Waals surface area contributed by atoms with E-state index in [4.69, 9.17) is 5.73 Å². The van der Waals surface area contributed by atoms with E-state index in [0.29, 0.717) is 41.7 Å². The maximum atomic E-state index is 13.9. The molecule has 0 aliphatic carbocycles. The van der Waals surface area contributed by atoms with Crippen LogP contribution in [0.15, 0.2) is 48.7 Å². The molecular weight excluding hydrogens is 432 g/mol. The van der Waals surface area contributed by atoms with Gasteiger partial charge in [0.05, 0.1) is 22.3 Å². The van der Waals surface area contributed by atoms with E-state index in [1.807, 2.05) is 12.1 Å². The molecule has 0 aliphatic heterocycles. The molecular formula is C23H19F6N3. The summed E-state index contributed by atoms with van der Waals surface area (Å²) < 4.78 is 81.8. The lowest BCUT2D eigenvalue weighted by atomic mass is 9.95. The number of aryl methyl sites for hydroxylation is 1. The fraction of sp³-hybridized carbons (Fsp3) is 0.261. The van der Waals surface area contributed by atoms with Crippen LogP contribution in [-0.4, -0.2) is 16.5 Å². The monoisotopic (exact) mass is 451 g/mol. The summed E-state index contributed by atoms with van der Waals surface area (Å²) in [7, 11) is 0. The normalized spacial score (nSPS) is 12.7. The van der Waals surface area contributed by atoms with Crippen LogP contribution in [0.2, 0.25) is 0 Å². The highest BCUT2D eigenvalue weighted by atomic mass is 19.4. The van der Waals surface area contributed by atoms with E-state index in [9.17, 15) is 26.3 Å². The first-order chi connectivity index (χ1) is 15.1. The SMILES string of the molecule is NCCCCc1c(-c2cccc3cccnc23)[nH]c2cc(C(F)(F)F)cc(C(F)(F)F)c12. The van der Waals surface area contributed by atoms with Crippen molar-refractivity contribution >= 4 is 21.8 Å². The van der Waals surface area contributed by atoms with Crippen LogP contribution < -0.4 is 5.73 Å². The fourth-order valence-corrected chi connectivity index (χ4v) is 4.02. The van der Waals surface area contributed by atoms with Crippen molar-refractivity contribution in [2.75, 3.05) is 6.54 Å². The molecule has 0 saturated carbocycles. The Bertz CT molecular complexity index is 1270. The largest absolute Gasteiger partial charge is 0.417 e. The summed E-state index contributed by atoms with van der Waals surface area (Å²) in [5.41, 5.74) is 4.41. The summed E-state index contributed by atoms with van der Waals surface area (Å²) in [6.45, 7) is 0.359. The zero-order chi connectivity index (χ0) is 23.1. The number of nitrogens with zero attached hydrogens (tertiary/aromatic N) is 1. The second kappa shape index (κ2) is 8.12. The first-order valence-electron chi connectivity index (χ1n) is 9.98. The van der Waals surface area contributed by atoms with E-state index >= 15 is 0 Å². The zero-order valence-corrected chi connectivity index (χ0v) is 16.7. The first-order valence-corrected chi connectivity index (χ1v) is 9.98. The van der Waals surface area contributed by atoms with Gasteiger partial charge in [-0.3, -0.25) is 4.98 Å². The molecule has 0 saturated heterocycles. The van der Waals surface area contributed by atoms with Crippen molar-refractivity contribution in [2.24, 2.45) is 5.73 Å². The number of benzene rings is 2. The van der Waals surface area contributed by atoms with Crippen molar-refractivity contribution in [3.63, 3.8) is 0 Å². The summed E-state index contributed by atoms with van der Waals surface area (Å²) >= 11 is 0. The van der Waals surface area contributed by atoms with Crippen molar-refractivity contribution in [3.05, 3.63) is 65.4 Å². The van der Waals surface area contributed by atoms with E-state index in [-0.39, 0.29) is 23.4 Å². The van der Waals surface area contributed by atoms with Gasteiger partial charge in [0.15, 0.2) is 0 Å². The van der Waals surface area contributed by atoms with Crippen LogP contribution in [-0.2, 0) is 18.8 Å². The number of pyridine rings is 1. The summed E-state index contributed by atoms with van der Waals surface area (Å²) in [6, 6.07) is 9.71. The number of aromatic nitrogens is 2. The van der Waals surface area contributed by atoms with Crippen LogP contribution in [0.5, 0.6) is 0 Å². The van der Waals surface area contributed by atoms with Gasteiger partial charge in [0.1, 0.15) is 0 Å². The minimum absolute atomic E-state index is 0.188. The van der Waals surface area contributed by atoms with Crippen molar-refractivity contribution in [1.29, 1.82) is 0 Å². The average molecular weight is 451 g/mol. The van der Waals surface area contributed by atoms with Gasteiger partial charge in [-0.25, -0.2) is 0 Å². The molecule has 0 fully saturated rings. The molecule has 3 nitrogen and oxygen atoms in total. The average Bonchev–Trinajstić information content (AvgIpc) is 3.10. The van der Waals surface area contributed by atoms with E-state index in [1.54, 1.807) is 24.4 Å². The van der Waals surface area contributed by atoms with Gasteiger partial charge in [-0.1, -0.05) is 24.3 Å². The van der Waals surface area contributed by atoms with Gasteiger partial charge in [-0.05, 0) is 49.6 Å². The van der Waals surface area contributed by atoms with Crippen molar-refractivity contribution in [1.82, 2.24) is 9.97 Å². The van der Waals surface area contributed by atoms with Gasteiger partial charge < -0.3 is 10.7 Å². The highest BCUT2D eigenvalue weighted by molar-refractivity contribution is 6.00. The molecule has 0 radical (unpaired) electrons. The number of hydrogen-bond donors (Lipinski definition) is 2. The molecule has 168 valence electrons. The second-order valence-corrected chi connectivity index (χ2v) is 7.55. The summed E-state index contributed by atoms with van der Waals surface area (Å²) in [4.78, 5) is 7.20. The lowest BCUT2D eigenvalue weighted by molar-refractivity contribution is -0.142. The summed E-state index contributed by atoms with van der Waals surface area (Å²) in [5, 5.41) is 0.522. The third kappa shape index (κ3) is 4.04. The number of alkyl halides is 6. The maximum Gasteiger partial charge on any atom is 0.417 e. The van der Waals surface area contributed by atoms with Crippen LogP contribution in [0.3, 0.4) is 0 Å². The van der Waals surface area contributed by atoms with E-state index in [0.717, 1.165) is 11.5 Å². The molecule has 0 bridgehead atoms. The minimum atomic E-state index is -4.96. The number of nitrogens with one attached hydrogen (secondary N) is 1. The molecule has 9 heteroatoms. The predicted molar refractivity (Wildman–Crippen MR) is 111 cm³/mol. The summed E-state index contributed by atoms with van der Waals surface area (Å²) in [5.74, 6) is 0.